The molecule has 0 radical (unpaired) electrons. The van der Waals surface area contributed by atoms with Crippen molar-refractivity contribution in [1.82, 2.24) is 24.8 Å². The highest BCUT2D eigenvalue weighted by atomic mass is 35.5. The van der Waals surface area contributed by atoms with E-state index in [2.05, 4.69) is 20.3 Å². The van der Waals surface area contributed by atoms with E-state index in [-0.39, 0.29) is 23.9 Å². The van der Waals surface area contributed by atoms with E-state index in [4.69, 9.17) is 11.6 Å². The number of anilines is 1. The van der Waals surface area contributed by atoms with Crippen molar-refractivity contribution >= 4 is 29.2 Å². The van der Waals surface area contributed by atoms with Crippen molar-refractivity contribution in [1.29, 1.82) is 0 Å². The van der Waals surface area contributed by atoms with Gasteiger partial charge in [0.2, 0.25) is 5.91 Å². The molecule has 0 bridgehead atoms. The summed E-state index contributed by atoms with van der Waals surface area (Å²) in [7, 11) is 0. The Kier molecular flexibility index (Phi) is 6.93. The van der Waals surface area contributed by atoms with Crippen molar-refractivity contribution in [3.8, 4) is 11.4 Å². The van der Waals surface area contributed by atoms with E-state index in [1.54, 1.807) is 53.4 Å². The number of benzene rings is 1. The Balaban J connectivity index is 1.35. The van der Waals surface area contributed by atoms with Crippen LogP contribution in [0.3, 0.4) is 0 Å². The van der Waals surface area contributed by atoms with Crippen molar-refractivity contribution in [2.45, 2.75) is 20.3 Å². The van der Waals surface area contributed by atoms with Gasteiger partial charge in [-0.25, -0.2) is 9.78 Å². The molecule has 0 unspecified atom stereocenters. The zero-order valence-electron chi connectivity index (χ0n) is 19.0. The number of aryl methyl sites for hydroxylation is 2. The first-order chi connectivity index (χ1) is 16.3. The number of piperazine rings is 1. The van der Waals surface area contributed by atoms with Gasteiger partial charge in [0.05, 0.1) is 6.42 Å². The maximum atomic E-state index is 12.9. The van der Waals surface area contributed by atoms with Crippen LogP contribution in [-0.2, 0) is 11.2 Å². The number of aromatic amines is 1. The molecule has 1 aliphatic heterocycles. The predicted molar refractivity (Wildman–Crippen MR) is 130 cm³/mol. The largest absolute Gasteiger partial charge is 0.339 e. The van der Waals surface area contributed by atoms with Crippen LogP contribution in [0.25, 0.3) is 11.4 Å². The van der Waals surface area contributed by atoms with Gasteiger partial charge in [0.15, 0.2) is 0 Å². The highest BCUT2D eigenvalue weighted by Gasteiger charge is 2.25. The quantitative estimate of drug-likeness (QED) is 0.596. The second kappa shape index (κ2) is 10.0. The summed E-state index contributed by atoms with van der Waals surface area (Å²) in [5, 5.41) is 3.42. The lowest BCUT2D eigenvalue weighted by Gasteiger charge is -2.34. The number of hydrogen-bond acceptors (Lipinski definition) is 5. The second-order valence-corrected chi connectivity index (χ2v) is 8.57. The number of nitrogens with zero attached hydrogens (tertiary/aromatic N) is 4. The average Bonchev–Trinajstić information content (AvgIpc) is 2.84. The zero-order chi connectivity index (χ0) is 24.2. The molecule has 1 saturated heterocycles. The number of carbonyl (C=O) groups is 2. The van der Waals surface area contributed by atoms with Crippen LogP contribution in [-0.4, -0.2) is 62.9 Å². The van der Waals surface area contributed by atoms with Gasteiger partial charge in [0, 0.05) is 66.1 Å². The highest BCUT2D eigenvalue weighted by Crippen LogP contribution is 2.20. The van der Waals surface area contributed by atoms with Crippen LogP contribution in [0.15, 0.2) is 47.5 Å². The maximum absolute atomic E-state index is 12.9. The first kappa shape index (κ1) is 23.4. The number of urea groups is 1. The normalized spacial score (nSPS) is 13.6. The van der Waals surface area contributed by atoms with E-state index < -0.39 is 0 Å². The molecule has 2 aromatic heterocycles. The standard InChI is InChI=1S/C24H25ClN6O3/c1-15-5-6-18(12-20(15)25)28-24(34)31-10-8-30(9-11-31)21(32)13-19-16(2)27-22(29-23(19)33)17-4-3-7-26-14-17/h3-7,12,14H,8-11,13H2,1-2H3,(H,28,34)(H,27,29,33). The topological polar surface area (TPSA) is 111 Å². The minimum Gasteiger partial charge on any atom is -0.339 e. The van der Waals surface area contributed by atoms with Gasteiger partial charge in [0.25, 0.3) is 5.56 Å². The lowest BCUT2D eigenvalue weighted by molar-refractivity contribution is -0.131. The number of H-pyrrole nitrogens is 1. The summed E-state index contributed by atoms with van der Waals surface area (Å²) in [5.74, 6) is 0.246. The number of pyridine rings is 1. The van der Waals surface area contributed by atoms with Gasteiger partial charge in [-0.3, -0.25) is 14.6 Å². The Hall–Kier alpha value is -3.72. The molecule has 34 heavy (non-hydrogen) atoms. The van der Waals surface area contributed by atoms with E-state index in [1.165, 1.54) is 0 Å². The van der Waals surface area contributed by atoms with Gasteiger partial charge in [-0.1, -0.05) is 17.7 Å². The number of amides is 3. The van der Waals surface area contributed by atoms with E-state index >= 15 is 0 Å². The number of carbonyl (C=O) groups excluding carboxylic acids is 2. The molecule has 1 aromatic carbocycles. The fourth-order valence-corrected chi connectivity index (χ4v) is 3.93. The minimum absolute atomic E-state index is 0.0461. The van der Waals surface area contributed by atoms with Crippen molar-refractivity contribution in [2.24, 2.45) is 0 Å². The molecule has 9 nitrogen and oxygen atoms in total. The molecule has 3 heterocycles. The molecule has 0 spiro atoms. The summed E-state index contributed by atoms with van der Waals surface area (Å²) in [4.78, 5) is 52.7. The van der Waals surface area contributed by atoms with Gasteiger partial charge in [-0.2, -0.15) is 0 Å². The Bertz CT molecular complexity index is 1270. The van der Waals surface area contributed by atoms with Gasteiger partial charge in [0.1, 0.15) is 5.82 Å². The predicted octanol–water partition coefficient (Wildman–Crippen LogP) is 3.02. The van der Waals surface area contributed by atoms with Crippen LogP contribution in [0, 0.1) is 13.8 Å². The number of aromatic nitrogens is 3. The molecule has 2 N–H and O–H groups in total. The first-order valence-corrected chi connectivity index (χ1v) is 11.3. The molecule has 176 valence electrons. The number of rotatable bonds is 4. The molecular weight excluding hydrogens is 456 g/mol. The van der Waals surface area contributed by atoms with E-state index in [9.17, 15) is 14.4 Å². The molecular formula is C24H25ClN6O3. The van der Waals surface area contributed by atoms with Crippen molar-refractivity contribution < 1.29 is 9.59 Å². The van der Waals surface area contributed by atoms with Gasteiger partial charge >= 0.3 is 6.03 Å². The van der Waals surface area contributed by atoms with Crippen molar-refractivity contribution in [2.75, 3.05) is 31.5 Å². The Morgan fingerprint density at radius 2 is 1.85 bits per heavy atom. The summed E-state index contributed by atoms with van der Waals surface area (Å²) in [6.45, 7) is 5.18. The third-order valence-electron chi connectivity index (χ3n) is 5.83. The molecule has 0 aliphatic carbocycles. The molecule has 1 aliphatic rings. The number of nitrogens with one attached hydrogen (secondary N) is 2. The average molecular weight is 481 g/mol. The summed E-state index contributed by atoms with van der Waals surface area (Å²) < 4.78 is 0. The van der Waals surface area contributed by atoms with E-state index in [0.717, 1.165) is 5.56 Å². The van der Waals surface area contributed by atoms with E-state index in [1.807, 2.05) is 13.0 Å². The van der Waals surface area contributed by atoms with Crippen LogP contribution in [0.4, 0.5) is 10.5 Å². The van der Waals surface area contributed by atoms with Crippen molar-refractivity contribution in [3.05, 3.63) is 74.9 Å². The monoisotopic (exact) mass is 480 g/mol. The fraction of sp³-hybridized carbons (Fsp3) is 0.292. The van der Waals surface area contributed by atoms with E-state index in [0.29, 0.717) is 59.5 Å². The Morgan fingerprint density at radius 3 is 2.50 bits per heavy atom. The Labute approximate surface area is 201 Å². The summed E-state index contributed by atoms with van der Waals surface area (Å²) in [6, 6.07) is 8.68. The fourth-order valence-electron chi connectivity index (χ4n) is 3.75. The maximum Gasteiger partial charge on any atom is 0.321 e. The SMILES string of the molecule is Cc1ccc(NC(=O)N2CCN(C(=O)Cc3c(C)nc(-c4cccnc4)[nH]c3=O)CC2)cc1Cl. The summed E-state index contributed by atoms with van der Waals surface area (Å²) in [5.41, 5.74) is 2.76. The third kappa shape index (κ3) is 5.26. The summed E-state index contributed by atoms with van der Waals surface area (Å²) >= 11 is 6.12. The van der Waals surface area contributed by atoms with Crippen LogP contribution >= 0.6 is 11.6 Å². The van der Waals surface area contributed by atoms with Crippen molar-refractivity contribution in [3.63, 3.8) is 0 Å². The van der Waals surface area contributed by atoms with Crippen LogP contribution in [0.2, 0.25) is 5.02 Å². The van der Waals surface area contributed by atoms with Crippen LogP contribution in [0.5, 0.6) is 0 Å². The third-order valence-corrected chi connectivity index (χ3v) is 6.24. The van der Waals surface area contributed by atoms with Gasteiger partial charge in [-0.15, -0.1) is 0 Å². The second-order valence-electron chi connectivity index (χ2n) is 8.16. The Morgan fingerprint density at radius 1 is 1.12 bits per heavy atom. The molecule has 0 saturated carbocycles. The number of hydrogen-bond donors (Lipinski definition) is 2. The molecule has 0 atom stereocenters. The molecule has 3 amide bonds. The molecule has 1 fully saturated rings. The number of halogens is 1. The lowest BCUT2D eigenvalue weighted by atomic mass is 10.1. The first-order valence-electron chi connectivity index (χ1n) is 10.9. The smallest absolute Gasteiger partial charge is 0.321 e. The van der Waals surface area contributed by atoms with Crippen LogP contribution < -0.4 is 10.9 Å². The zero-order valence-corrected chi connectivity index (χ0v) is 19.7. The molecule has 10 heteroatoms. The van der Waals surface area contributed by atoms with Crippen LogP contribution in [0.1, 0.15) is 16.8 Å². The molecule has 3 aromatic rings. The van der Waals surface area contributed by atoms with Gasteiger partial charge < -0.3 is 20.1 Å². The molecule has 4 rings (SSSR count). The van der Waals surface area contributed by atoms with Gasteiger partial charge in [-0.05, 0) is 43.7 Å². The lowest BCUT2D eigenvalue weighted by Crippen LogP contribution is -2.52. The summed E-state index contributed by atoms with van der Waals surface area (Å²) in [6.07, 6.45) is 3.21. The highest BCUT2D eigenvalue weighted by molar-refractivity contribution is 6.31. The minimum atomic E-state index is -0.338.